The van der Waals surface area contributed by atoms with Crippen molar-refractivity contribution in [3.63, 3.8) is 0 Å². The van der Waals surface area contributed by atoms with Crippen molar-refractivity contribution in [1.29, 1.82) is 0 Å². The van der Waals surface area contributed by atoms with Gasteiger partial charge in [0, 0.05) is 30.5 Å². The third-order valence-electron chi connectivity index (χ3n) is 4.01. The molecule has 2 heterocycles. The predicted octanol–water partition coefficient (Wildman–Crippen LogP) is 3.06. The molecule has 1 atom stereocenters. The van der Waals surface area contributed by atoms with Crippen LogP contribution in [0.25, 0.3) is 0 Å². The summed E-state index contributed by atoms with van der Waals surface area (Å²) in [5.41, 5.74) is 2.14. The number of rotatable bonds is 4. The van der Waals surface area contributed by atoms with Crippen LogP contribution in [0.3, 0.4) is 0 Å². The SMILES string of the molecule is O=C(NCCc1cccnc1)N1CCOC(c2ccc(Cl)cc2)C1. The molecule has 1 N–H and O–H groups in total. The Kier molecular flexibility index (Phi) is 5.67. The zero-order valence-electron chi connectivity index (χ0n) is 13.3. The number of urea groups is 1. The Morgan fingerprint density at radius 1 is 1.33 bits per heavy atom. The van der Waals surface area contributed by atoms with Crippen LogP contribution in [0.15, 0.2) is 48.8 Å². The molecule has 6 heteroatoms. The summed E-state index contributed by atoms with van der Waals surface area (Å²) in [6, 6.07) is 11.4. The molecule has 0 spiro atoms. The highest BCUT2D eigenvalue weighted by molar-refractivity contribution is 6.30. The standard InChI is InChI=1S/C18H20ClN3O2/c19-16-5-3-15(4-6-16)17-13-22(10-11-24-17)18(23)21-9-7-14-2-1-8-20-12-14/h1-6,8,12,17H,7,9-11,13H2,(H,21,23). The van der Waals surface area contributed by atoms with Crippen LogP contribution in [0.1, 0.15) is 17.2 Å². The first kappa shape index (κ1) is 16.7. The first-order valence-corrected chi connectivity index (χ1v) is 8.39. The molecule has 0 saturated carbocycles. The maximum atomic E-state index is 12.3. The van der Waals surface area contributed by atoms with Gasteiger partial charge in [-0.05, 0) is 35.7 Å². The van der Waals surface area contributed by atoms with E-state index >= 15 is 0 Å². The van der Waals surface area contributed by atoms with Crippen molar-refractivity contribution >= 4 is 17.6 Å². The molecule has 1 fully saturated rings. The van der Waals surface area contributed by atoms with Crippen LogP contribution < -0.4 is 5.32 Å². The highest BCUT2D eigenvalue weighted by atomic mass is 35.5. The number of benzene rings is 1. The molecule has 2 aromatic rings. The summed E-state index contributed by atoms with van der Waals surface area (Å²) in [7, 11) is 0. The maximum Gasteiger partial charge on any atom is 0.317 e. The molecule has 5 nitrogen and oxygen atoms in total. The van der Waals surface area contributed by atoms with Crippen LogP contribution in [0.2, 0.25) is 5.02 Å². The van der Waals surface area contributed by atoms with Crippen molar-refractivity contribution in [3.8, 4) is 0 Å². The van der Waals surface area contributed by atoms with Crippen molar-refractivity contribution < 1.29 is 9.53 Å². The van der Waals surface area contributed by atoms with Crippen molar-refractivity contribution in [1.82, 2.24) is 15.2 Å². The van der Waals surface area contributed by atoms with Crippen molar-refractivity contribution in [2.24, 2.45) is 0 Å². The van der Waals surface area contributed by atoms with Gasteiger partial charge in [0.05, 0.1) is 13.2 Å². The van der Waals surface area contributed by atoms with Crippen LogP contribution in [0, 0.1) is 0 Å². The van der Waals surface area contributed by atoms with E-state index in [1.165, 1.54) is 0 Å². The molecule has 1 aliphatic rings. The van der Waals surface area contributed by atoms with Gasteiger partial charge in [0.15, 0.2) is 0 Å². The lowest BCUT2D eigenvalue weighted by Crippen LogP contribution is -2.47. The normalized spacial score (nSPS) is 17.5. The zero-order valence-corrected chi connectivity index (χ0v) is 14.1. The van der Waals surface area contributed by atoms with E-state index in [2.05, 4.69) is 10.3 Å². The minimum atomic E-state index is -0.111. The summed E-state index contributed by atoms with van der Waals surface area (Å²) in [5, 5.41) is 3.66. The molecular formula is C18H20ClN3O2. The van der Waals surface area contributed by atoms with E-state index in [9.17, 15) is 4.79 Å². The fourth-order valence-electron chi connectivity index (χ4n) is 2.68. The van der Waals surface area contributed by atoms with Gasteiger partial charge in [0.2, 0.25) is 0 Å². The van der Waals surface area contributed by atoms with Gasteiger partial charge in [-0.1, -0.05) is 29.8 Å². The van der Waals surface area contributed by atoms with E-state index in [-0.39, 0.29) is 12.1 Å². The number of morpholine rings is 1. The lowest BCUT2D eigenvalue weighted by Gasteiger charge is -2.33. The Hall–Kier alpha value is -2.11. The molecule has 1 unspecified atom stereocenters. The Morgan fingerprint density at radius 3 is 2.92 bits per heavy atom. The largest absolute Gasteiger partial charge is 0.370 e. The van der Waals surface area contributed by atoms with Gasteiger partial charge >= 0.3 is 6.03 Å². The van der Waals surface area contributed by atoms with E-state index in [0.29, 0.717) is 31.3 Å². The van der Waals surface area contributed by atoms with Crippen molar-refractivity contribution in [2.45, 2.75) is 12.5 Å². The summed E-state index contributed by atoms with van der Waals surface area (Å²) in [4.78, 5) is 18.2. The topological polar surface area (TPSA) is 54.5 Å². The summed E-state index contributed by atoms with van der Waals surface area (Å²) in [6.07, 6.45) is 4.22. The Bertz CT molecular complexity index is 664. The number of nitrogens with one attached hydrogen (secondary N) is 1. The molecule has 1 aliphatic heterocycles. The number of ether oxygens (including phenoxy) is 1. The third-order valence-corrected chi connectivity index (χ3v) is 4.26. The number of halogens is 1. The molecule has 0 bridgehead atoms. The molecule has 0 radical (unpaired) electrons. The van der Waals surface area contributed by atoms with E-state index in [1.807, 2.05) is 42.6 Å². The fraction of sp³-hybridized carbons (Fsp3) is 0.333. The Morgan fingerprint density at radius 2 is 2.17 bits per heavy atom. The number of carbonyl (C=O) groups excluding carboxylic acids is 1. The monoisotopic (exact) mass is 345 g/mol. The van der Waals surface area contributed by atoms with Gasteiger partial charge in [-0.3, -0.25) is 4.98 Å². The molecule has 2 amide bonds. The Labute approximate surface area is 146 Å². The van der Waals surface area contributed by atoms with Gasteiger partial charge in [0.25, 0.3) is 0 Å². The number of pyridine rings is 1. The highest BCUT2D eigenvalue weighted by Gasteiger charge is 2.25. The van der Waals surface area contributed by atoms with Crippen LogP contribution in [0.4, 0.5) is 4.79 Å². The summed E-state index contributed by atoms with van der Waals surface area (Å²) < 4.78 is 5.79. The summed E-state index contributed by atoms with van der Waals surface area (Å²) in [6.45, 7) is 2.26. The molecular weight excluding hydrogens is 326 g/mol. The summed E-state index contributed by atoms with van der Waals surface area (Å²) >= 11 is 5.92. The smallest absolute Gasteiger partial charge is 0.317 e. The van der Waals surface area contributed by atoms with Gasteiger partial charge in [-0.15, -0.1) is 0 Å². The second-order valence-corrected chi connectivity index (χ2v) is 6.14. The number of hydrogen-bond donors (Lipinski definition) is 1. The van der Waals surface area contributed by atoms with E-state index in [0.717, 1.165) is 17.5 Å². The highest BCUT2D eigenvalue weighted by Crippen LogP contribution is 2.23. The third kappa shape index (κ3) is 4.46. The molecule has 3 rings (SSSR count). The first-order valence-electron chi connectivity index (χ1n) is 8.01. The second-order valence-electron chi connectivity index (χ2n) is 5.70. The van der Waals surface area contributed by atoms with Crippen molar-refractivity contribution in [3.05, 3.63) is 64.9 Å². The number of amides is 2. The number of nitrogens with zero attached hydrogens (tertiary/aromatic N) is 2. The number of aromatic nitrogens is 1. The molecule has 24 heavy (non-hydrogen) atoms. The van der Waals surface area contributed by atoms with Crippen LogP contribution in [0.5, 0.6) is 0 Å². The minimum Gasteiger partial charge on any atom is -0.370 e. The van der Waals surface area contributed by atoms with Gasteiger partial charge in [0.1, 0.15) is 6.10 Å². The van der Waals surface area contributed by atoms with Crippen LogP contribution >= 0.6 is 11.6 Å². The van der Waals surface area contributed by atoms with Crippen LogP contribution in [-0.4, -0.2) is 42.2 Å². The zero-order chi connectivity index (χ0) is 16.8. The summed E-state index contributed by atoms with van der Waals surface area (Å²) in [5.74, 6) is 0. The van der Waals surface area contributed by atoms with Gasteiger partial charge in [-0.2, -0.15) is 0 Å². The quantitative estimate of drug-likeness (QED) is 0.926. The molecule has 1 aromatic heterocycles. The average molecular weight is 346 g/mol. The van der Waals surface area contributed by atoms with Crippen LogP contribution in [-0.2, 0) is 11.2 Å². The molecule has 1 aromatic carbocycles. The minimum absolute atomic E-state index is 0.0545. The fourth-order valence-corrected chi connectivity index (χ4v) is 2.81. The number of hydrogen-bond acceptors (Lipinski definition) is 3. The van der Waals surface area contributed by atoms with E-state index in [1.54, 1.807) is 11.1 Å². The van der Waals surface area contributed by atoms with E-state index in [4.69, 9.17) is 16.3 Å². The lowest BCUT2D eigenvalue weighted by atomic mass is 10.1. The molecule has 1 saturated heterocycles. The first-order chi connectivity index (χ1) is 11.7. The molecule has 0 aliphatic carbocycles. The predicted molar refractivity (Wildman–Crippen MR) is 93.1 cm³/mol. The average Bonchev–Trinajstić information content (AvgIpc) is 2.63. The lowest BCUT2D eigenvalue weighted by molar-refractivity contribution is -0.0153. The Balaban J connectivity index is 1.50. The van der Waals surface area contributed by atoms with Gasteiger partial charge < -0.3 is 15.0 Å². The second kappa shape index (κ2) is 8.13. The molecule has 126 valence electrons. The van der Waals surface area contributed by atoms with Crippen molar-refractivity contribution in [2.75, 3.05) is 26.2 Å². The van der Waals surface area contributed by atoms with Gasteiger partial charge in [-0.25, -0.2) is 4.79 Å². The maximum absolute atomic E-state index is 12.3. The van der Waals surface area contributed by atoms with E-state index < -0.39 is 0 Å². The number of carbonyl (C=O) groups is 1.